The number of thioether (sulfide) groups is 1. The van der Waals surface area contributed by atoms with Crippen molar-refractivity contribution in [2.24, 2.45) is 0 Å². The molecular weight excluding hydrogens is 296 g/mol. The number of benzene rings is 2. The Bertz CT molecular complexity index is 650. The fraction of sp³-hybridized carbons (Fsp3) is 0.0714. The van der Waals surface area contributed by atoms with E-state index in [9.17, 15) is 8.42 Å². The summed E-state index contributed by atoms with van der Waals surface area (Å²) in [6, 6.07) is 17.9. The van der Waals surface area contributed by atoms with E-state index in [4.69, 9.17) is 12.2 Å². The average Bonchev–Trinajstić information content (AvgIpc) is 2.46. The third-order valence-electron chi connectivity index (χ3n) is 2.47. The zero-order valence-electron chi connectivity index (χ0n) is 10.0. The summed E-state index contributed by atoms with van der Waals surface area (Å²) in [6.45, 7) is 0. The molecule has 0 amide bonds. The molecule has 0 spiro atoms. The van der Waals surface area contributed by atoms with Gasteiger partial charge in [0.15, 0.2) is 3.53 Å². The first kappa shape index (κ1) is 14.2. The molecule has 0 radical (unpaired) electrons. The van der Waals surface area contributed by atoms with Crippen LogP contribution in [0.2, 0.25) is 0 Å². The molecule has 0 fully saturated rings. The minimum Gasteiger partial charge on any atom is -0.217 e. The lowest BCUT2D eigenvalue weighted by molar-refractivity contribution is 0.608. The molecule has 19 heavy (non-hydrogen) atoms. The van der Waals surface area contributed by atoms with Crippen molar-refractivity contribution >= 4 is 37.3 Å². The molecule has 0 saturated heterocycles. The van der Waals surface area contributed by atoms with Crippen molar-refractivity contribution in [3.8, 4) is 0 Å². The molecule has 0 aliphatic heterocycles. The molecule has 0 saturated carbocycles. The van der Waals surface area contributed by atoms with Gasteiger partial charge in [-0.3, -0.25) is 0 Å². The maximum Gasteiger partial charge on any atom is 0.222 e. The van der Waals surface area contributed by atoms with Crippen LogP contribution in [0.5, 0.6) is 0 Å². The van der Waals surface area contributed by atoms with Crippen molar-refractivity contribution in [2.45, 2.75) is 10.6 Å². The Balaban J connectivity index is 2.08. The van der Waals surface area contributed by atoms with Crippen molar-refractivity contribution in [1.29, 1.82) is 0 Å². The summed E-state index contributed by atoms with van der Waals surface area (Å²) in [6.07, 6.45) is 0. The SMILES string of the molecule is O=S(=O)(C(=S)SCc1ccccc1)c1ccccc1. The highest BCUT2D eigenvalue weighted by atomic mass is 32.3. The Morgan fingerprint density at radius 1 is 0.947 bits per heavy atom. The predicted octanol–water partition coefficient (Wildman–Crippen LogP) is 3.68. The van der Waals surface area contributed by atoms with Gasteiger partial charge in [0.2, 0.25) is 9.84 Å². The van der Waals surface area contributed by atoms with E-state index in [1.807, 2.05) is 30.3 Å². The average molecular weight is 308 g/mol. The molecule has 2 aromatic carbocycles. The molecule has 0 N–H and O–H groups in total. The molecule has 98 valence electrons. The van der Waals surface area contributed by atoms with Gasteiger partial charge >= 0.3 is 0 Å². The predicted molar refractivity (Wildman–Crippen MR) is 84.0 cm³/mol. The summed E-state index contributed by atoms with van der Waals surface area (Å²) in [7, 11) is -3.51. The summed E-state index contributed by atoms with van der Waals surface area (Å²) in [5, 5.41) is 0. The Morgan fingerprint density at radius 3 is 2.05 bits per heavy atom. The van der Waals surface area contributed by atoms with Crippen molar-refractivity contribution in [1.82, 2.24) is 0 Å². The van der Waals surface area contributed by atoms with Crippen LogP contribution in [0, 0.1) is 0 Å². The maximum atomic E-state index is 12.2. The van der Waals surface area contributed by atoms with E-state index in [1.165, 1.54) is 11.8 Å². The summed E-state index contributed by atoms with van der Waals surface area (Å²) in [5.74, 6) is 0.561. The van der Waals surface area contributed by atoms with Gasteiger partial charge in [-0.15, -0.1) is 0 Å². The standard InChI is InChI=1S/C14H12O2S3/c15-19(16,13-9-5-2-6-10-13)14(17)18-11-12-7-3-1-4-8-12/h1-10H,11H2. The quantitative estimate of drug-likeness (QED) is 0.810. The summed E-state index contributed by atoms with van der Waals surface area (Å²) < 4.78 is 24.4. The highest BCUT2D eigenvalue weighted by Gasteiger charge is 2.20. The molecule has 0 atom stereocenters. The number of rotatable bonds is 3. The number of hydrogen-bond acceptors (Lipinski definition) is 4. The Kier molecular flexibility index (Phi) is 4.74. The number of hydrogen-bond donors (Lipinski definition) is 0. The van der Waals surface area contributed by atoms with Crippen molar-refractivity contribution in [2.75, 3.05) is 0 Å². The van der Waals surface area contributed by atoms with Gasteiger partial charge in [0.05, 0.1) is 4.90 Å². The third kappa shape index (κ3) is 3.65. The lowest BCUT2D eigenvalue weighted by atomic mass is 10.2. The van der Waals surface area contributed by atoms with E-state index in [2.05, 4.69) is 0 Å². The van der Waals surface area contributed by atoms with Crippen LogP contribution in [0.1, 0.15) is 5.56 Å². The molecule has 0 aliphatic carbocycles. The van der Waals surface area contributed by atoms with Gasteiger partial charge in [-0.2, -0.15) is 0 Å². The monoisotopic (exact) mass is 308 g/mol. The van der Waals surface area contributed by atoms with E-state index < -0.39 is 9.84 Å². The highest BCUT2D eigenvalue weighted by molar-refractivity contribution is 8.43. The van der Waals surface area contributed by atoms with Gasteiger partial charge in [0.25, 0.3) is 0 Å². The van der Waals surface area contributed by atoms with E-state index in [0.29, 0.717) is 5.75 Å². The lowest BCUT2D eigenvalue weighted by Gasteiger charge is -2.05. The summed E-state index contributed by atoms with van der Waals surface area (Å²) in [4.78, 5) is 0.251. The summed E-state index contributed by atoms with van der Waals surface area (Å²) in [5.41, 5.74) is 1.05. The van der Waals surface area contributed by atoms with E-state index in [1.54, 1.807) is 30.3 Å². The van der Waals surface area contributed by atoms with Gasteiger partial charge in [0.1, 0.15) is 0 Å². The van der Waals surface area contributed by atoms with E-state index in [0.717, 1.165) is 5.56 Å². The topological polar surface area (TPSA) is 34.1 Å². The van der Waals surface area contributed by atoms with Crippen LogP contribution in [-0.2, 0) is 15.6 Å². The molecule has 0 aliphatic rings. The first-order chi connectivity index (χ1) is 9.10. The Morgan fingerprint density at radius 2 is 1.47 bits per heavy atom. The molecule has 0 aromatic heterocycles. The van der Waals surface area contributed by atoms with Crippen LogP contribution in [-0.4, -0.2) is 11.9 Å². The zero-order valence-corrected chi connectivity index (χ0v) is 12.5. The van der Waals surface area contributed by atoms with Crippen molar-refractivity contribution in [3.05, 3.63) is 66.2 Å². The van der Waals surface area contributed by atoms with Crippen LogP contribution < -0.4 is 0 Å². The van der Waals surface area contributed by atoms with Crippen LogP contribution >= 0.6 is 24.0 Å². The highest BCUT2D eigenvalue weighted by Crippen LogP contribution is 2.22. The van der Waals surface area contributed by atoms with Crippen LogP contribution in [0.4, 0.5) is 0 Å². The number of sulfone groups is 1. The third-order valence-corrected chi connectivity index (χ3v) is 6.54. The van der Waals surface area contributed by atoms with Gasteiger partial charge in [0, 0.05) is 5.75 Å². The maximum absolute atomic E-state index is 12.2. The second kappa shape index (κ2) is 6.32. The normalized spacial score (nSPS) is 11.2. The first-order valence-corrected chi connectivity index (χ1v) is 8.49. The fourth-order valence-corrected chi connectivity index (χ4v) is 4.23. The van der Waals surface area contributed by atoms with Crippen LogP contribution in [0.3, 0.4) is 0 Å². The molecular formula is C14H12O2S3. The zero-order chi connectivity index (χ0) is 13.7. The molecule has 2 nitrogen and oxygen atoms in total. The van der Waals surface area contributed by atoms with Gasteiger partial charge in [-0.25, -0.2) is 8.42 Å². The molecule has 2 rings (SSSR count). The molecule has 5 heteroatoms. The molecule has 2 aromatic rings. The van der Waals surface area contributed by atoms with Crippen molar-refractivity contribution < 1.29 is 8.42 Å². The summed E-state index contributed by atoms with van der Waals surface area (Å²) >= 11 is 6.22. The van der Waals surface area contributed by atoms with E-state index in [-0.39, 0.29) is 8.42 Å². The van der Waals surface area contributed by atoms with Crippen LogP contribution in [0.25, 0.3) is 0 Å². The molecule has 0 unspecified atom stereocenters. The second-order valence-electron chi connectivity index (χ2n) is 3.84. The van der Waals surface area contributed by atoms with Gasteiger partial charge in [-0.05, 0) is 17.7 Å². The molecule has 0 bridgehead atoms. The Labute approximate surface area is 122 Å². The minimum atomic E-state index is -3.51. The number of thiocarbonyl (C=S) groups is 1. The fourth-order valence-electron chi connectivity index (χ4n) is 1.49. The second-order valence-corrected chi connectivity index (χ2v) is 7.90. The van der Waals surface area contributed by atoms with Crippen LogP contribution in [0.15, 0.2) is 65.6 Å². The van der Waals surface area contributed by atoms with E-state index >= 15 is 0 Å². The smallest absolute Gasteiger partial charge is 0.217 e. The van der Waals surface area contributed by atoms with Gasteiger partial charge in [-0.1, -0.05) is 72.5 Å². The lowest BCUT2D eigenvalue weighted by Crippen LogP contribution is -2.09. The van der Waals surface area contributed by atoms with Crippen molar-refractivity contribution in [3.63, 3.8) is 0 Å². The largest absolute Gasteiger partial charge is 0.222 e. The van der Waals surface area contributed by atoms with Gasteiger partial charge < -0.3 is 0 Å². The minimum absolute atomic E-state index is 0.0163. The first-order valence-electron chi connectivity index (χ1n) is 5.61. The Hall–Kier alpha value is -1.17. The molecule has 0 heterocycles.